The van der Waals surface area contributed by atoms with Gasteiger partial charge in [0, 0.05) is 11.3 Å². The molecule has 0 unspecified atom stereocenters. The molecule has 3 aromatic carbocycles. The SMILES string of the molecule is Fc1ccc(NC(=S)NN=Cc2ccc(-c3ncn(-c4ccc(OC(F)(F)F)cc4)n3)cc2)cc1. The molecule has 0 spiro atoms. The Labute approximate surface area is 202 Å². The maximum absolute atomic E-state index is 12.9. The summed E-state index contributed by atoms with van der Waals surface area (Å²) >= 11 is 5.14. The lowest BCUT2D eigenvalue weighted by Gasteiger charge is -2.09. The molecule has 0 amide bonds. The summed E-state index contributed by atoms with van der Waals surface area (Å²) in [6.07, 6.45) is -1.72. The quantitative estimate of drug-likeness (QED) is 0.162. The Bertz CT molecular complexity index is 1320. The maximum atomic E-state index is 12.9. The zero-order valence-electron chi connectivity index (χ0n) is 17.7. The number of aromatic nitrogens is 3. The topological polar surface area (TPSA) is 76.4 Å². The van der Waals surface area contributed by atoms with Crippen molar-refractivity contribution < 1.29 is 22.3 Å². The van der Waals surface area contributed by atoms with Crippen molar-refractivity contribution in [3.63, 3.8) is 0 Å². The molecule has 0 aliphatic rings. The van der Waals surface area contributed by atoms with Gasteiger partial charge in [0.1, 0.15) is 17.9 Å². The molecule has 4 rings (SSSR count). The van der Waals surface area contributed by atoms with Gasteiger partial charge in [-0.2, -0.15) is 5.10 Å². The van der Waals surface area contributed by atoms with Gasteiger partial charge in [0.2, 0.25) is 0 Å². The summed E-state index contributed by atoms with van der Waals surface area (Å²) in [6.45, 7) is 0. The first-order valence-corrected chi connectivity index (χ1v) is 10.4. The Morgan fingerprint density at radius 1 is 0.971 bits per heavy atom. The van der Waals surface area contributed by atoms with Gasteiger partial charge in [0.25, 0.3) is 0 Å². The maximum Gasteiger partial charge on any atom is 0.573 e. The van der Waals surface area contributed by atoms with Crippen LogP contribution in [0.5, 0.6) is 5.75 Å². The normalized spacial score (nSPS) is 11.4. The average molecular weight is 500 g/mol. The fraction of sp³-hybridized carbons (Fsp3) is 0.0435. The number of nitrogens with zero attached hydrogens (tertiary/aromatic N) is 4. The molecule has 1 aromatic heterocycles. The first kappa shape index (κ1) is 23.8. The van der Waals surface area contributed by atoms with E-state index in [1.54, 1.807) is 42.6 Å². The standard InChI is InChI=1S/C23H16F4N6OS/c24-17-5-7-18(8-6-17)30-22(35)31-29-13-15-1-3-16(4-2-15)21-28-14-33(32-21)19-9-11-20(12-10-19)34-23(25,26)27/h1-14H,(H2,30,31,35). The summed E-state index contributed by atoms with van der Waals surface area (Å²) in [5, 5.41) is 11.6. The van der Waals surface area contributed by atoms with E-state index >= 15 is 0 Å². The number of benzene rings is 3. The van der Waals surface area contributed by atoms with Gasteiger partial charge in [-0.3, -0.25) is 5.43 Å². The number of alkyl halides is 3. The molecule has 0 aliphatic heterocycles. The second-order valence-corrected chi connectivity index (χ2v) is 7.42. The van der Waals surface area contributed by atoms with E-state index in [-0.39, 0.29) is 16.7 Å². The largest absolute Gasteiger partial charge is 0.573 e. The van der Waals surface area contributed by atoms with Gasteiger partial charge in [-0.1, -0.05) is 24.3 Å². The lowest BCUT2D eigenvalue weighted by molar-refractivity contribution is -0.274. The minimum Gasteiger partial charge on any atom is -0.406 e. The smallest absolute Gasteiger partial charge is 0.406 e. The van der Waals surface area contributed by atoms with Gasteiger partial charge in [-0.05, 0) is 66.3 Å². The summed E-state index contributed by atoms with van der Waals surface area (Å²) in [5.74, 6) is -0.223. The van der Waals surface area contributed by atoms with Gasteiger partial charge in [0.05, 0.1) is 11.9 Å². The molecule has 0 fully saturated rings. The number of anilines is 1. The van der Waals surface area contributed by atoms with Crippen LogP contribution >= 0.6 is 12.2 Å². The zero-order valence-corrected chi connectivity index (χ0v) is 18.5. The minimum atomic E-state index is -4.75. The number of ether oxygens (including phenoxy) is 1. The van der Waals surface area contributed by atoms with Crippen LogP contribution in [-0.2, 0) is 0 Å². The van der Waals surface area contributed by atoms with Crippen LogP contribution in [0.4, 0.5) is 23.2 Å². The van der Waals surface area contributed by atoms with Crippen molar-refractivity contribution in [2.24, 2.45) is 5.10 Å². The molecule has 35 heavy (non-hydrogen) atoms. The van der Waals surface area contributed by atoms with E-state index in [4.69, 9.17) is 12.2 Å². The molecule has 0 saturated heterocycles. The van der Waals surface area contributed by atoms with Crippen LogP contribution in [-0.4, -0.2) is 32.5 Å². The summed E-state index contributed by atoms with van der Waals surface area (Å²) in [7, 11) is 0. The second-order valence-electron chi connectivity index (χ2n) is 7.01. The first-order valence-electron chi connectivity index (χ1n) is 9.99. The highest BCUT2D eigenvalue weighted by Crippen LogP contribution is 2.24. The molecule has 4 aromatic rings. The molecule has 2 N–H and O–H groups in total. The van der Waals surface area contributed by atoms with Crippen LogP contribution in [0.25, 0.3) is 17.1 Å². The number of hydrogen-bond donors (Lipinski definition) is 2. The number of halogens is 4. The van der Waals surface area contributed by atoms with E-state index < -0.39 is 6.36 Å². The minimum absolute atomic E-state index is 0.247. The lowest BCUT2D eigenvalue weighted by atomic mass is 10.1. The molecule has 1 heterocycles. The van der Waals surface area contributed by atoms with Crippen molar-refractivity contribution in [1.29, 1.82) is 0 Å². The van der Waals surface area contributed by atoms with Crippen molar-refractivity contribution in [3.05, 3.63) is 90.5 Å². The molecule has 12 heteroatoms. The molecule has 0 atom stereocenters. The van der Waals surface area contributed by atoms with Gasteiger partial charge >= 0.3 is 6.36 Å². The Morgan fingerprint density at radius 2 is 1.66 bits per heavy atom. The Morgan fingerprint density at radius 3 is 2.31 bits per heavy atom. The van der Waals surface area contributed by atoms with Gasteiger partial charge in [0.15, 0.2) is 10.9 Å². The van der Waals surface area contributed by atoms with E-state index in [1.165, 1.54) is 47.4 Å². The van der Waals surface area contributed by atoms with E-state index in [1.807, 2.05) is 0 Å². The Kier molecular flexibility index (Phi) is 7.01. The first-order chi connectivity index (χ1) is 16.7. The highest BCUT2D eigenvalue weighted by molar-refractivity contribution is 7.80. The van der Waals surface area contributed by atoms with Crippen molar-refractivity contribution in [1.82, 2.24) is 20.2 Å². The summed E-state index contributed by atoms with van der Waals surface area (Å²) in [4.78, 5) is 4.25. The van der Waals surface area contributed by atoms with E-state index in [9.17, 15) is 17.6 Å². The Hall–Kier alpha value is -4.32. The van der Waals surface area contributed by atoms with Crippen LogP contribution in [0.15, 0.2) is 84.2 Å². The van der Waals surface area contributed by atoms with E-state index in [0.29, 0.717) is 17.2 Å². The van der Waals surface area contributed by atoms with Crippen molar-refractivity contribution >= 4 is 29.2 Å². The number of rotatable bonds is 6. The van der Waals surface area contributed by atoms with Crippen molar-refractivity contribution in [3.8, 4) is 22.8 Å². The number of thiocarbonyl (C=S) groups is 1. The molecular weight excluding hydrogens is 484 g/mol. The molecule has 7 nitrogen and oxygen atoms in total. The van der Waals surface area contributed by atoms with Crippen LogP contribution in [0.2, 0.25) is 0 Å². The molecular formula is C23H16F4N6OS. The van der Waals surface area contributed by atoms with E-state index in [0.717, 1.165) is 11.1 Å². The molecule has 178 valence electrons. The Balaban J connectivity index is 1.34. The molecule has 0 bridgehead atoms. The van der Waals surface area contributed by atoms with Crippen LogP contribution in [0.1, 0.15) is 5.56 Å². The molecule has 0 saturated carbocycles. The third-order valence-corrected chi connectivity index (χ3v) is 4.67. The van der Waals surface area contributed by atoms with Crippen LogP contribution in [0, 0.1) is 5.82 Å². The number of nitrogens with one attached hydrogen (secondary N) is 2. The van der Waals surface area contributed by atoms with Crippen molar-refractivity contribution in [2.45, 2.75) is 6.36 Å². The number of hydrogen-bond acceptors (Lipinski definition) is 5. The number of hydrazone groups is 1. The van der Waals surface area contributed by atoms with Gasteiger partial charge < -0.3 is 10.1 Å². The van der Waals surface area contributed by atoms with E-state index in [2.05, 4.69) is 30.7 Å². The average Bonchev–Trinajstić information content (AvgIpc) is 3.31. The molecule has 0 radical (unpaired) electrons. The van der Waals surface area contributed by atoms with Crippen molar-refractivity contribution in [2.75, 3.05) is 5.32 Å². The fourth-order valence-corrected chi connectivity index (χ4v) is 3.07. The fourth-order valence-electron chi connectivity index (χ4n) is 2.90. The zero-order chi connectivity index (χ0) is 24.8. The predicted octanol–water partition coefficient (Wildman–Crippen LogP) is 5.29. The van der Waals surface area contributed by atoms with Gasteiger partial charge in [-0.25, -0.2) is 14.1 Å². The van der Waals surface area contributed by atoms with Crippen LogP contribution in [0.3, 0.4) is 0 Å². The third-order valence-electron chi connectivity index (χ3n) is 4.48. The highest BCUT2D eigenvalue weighted by atomic mass is 32.1. The predicted molar refractivity (Wildman–Crippen MR) is 127 cm³/mol. The third kappa shape index (κ3) is 6.84. The lowest BCUT2D eigenvalue weighted by Crippen LogP contribution is -2.23. The molecule has 0 aliphatic carbocycles. The van der Waals surface area contributed by atoms with Gasteiger partial charge in [-0.15, -0.1) is 18.3 Å². The van der Waals surface area contributed by atoms with Crippen LogP contribution < -0.4 is 15.5 Å². The highest BCUT2D eigenvalue weighted by Gasteiger charge is 2.31. The summed E-state index contributed by atoms with van der Waals surface area (Å²) < 4.78 is 55.2. The summed E-state index contributed by atoms with van der Waals surface area (Å²) in [5.41, 5.74) is 5.35. The monoisotopic (exact) mass is 500 g/mol. The second kappa shape index (κ2) is 10.3. The summed E-state index contributed by atoms with van der Waals surface area (Å²) in [6, 6.07) is 18.3.